The molecule has 7 rings (SSSR count). The van der Waals surface area contributed by atoms with E-state index in [1.54, 1.807) is 0 Å². The highest BCUT2D eigenvalue weighted by molar-refractivity contribution is 6.92. The standard InChI is InChI=1S/C74H115N7O8Si7/c1-10-82-90(3,61-33-54-75-68-40-19-12-20-41-68)84-92(5,63-35-56-77-70-44-23-14-24-45-70)86-94(7,65-37-58-79-72-48-27-16-28-49-72)88-96(9,67-39-60-81-74-52-31-18-32-53-74)89-95(8,66-38-59-80-73-50-29-17-30-51-73)87-93(6,64-36-57-78-71-46-25-15-26-47-71)85-91(4,83-11-2)62-34-55-76-69-42-21-13-22-43-69/h12-32,40-53,75-81H,10-11,33-39,54-67H2,1-9H3. The minimum atomic E-state index is -3.39. The molecule has 96 heavy (non-hydrogen) atoms. The second-order valence-electron chi connectivity index (χ2n) is 26.2. The summed E-state index contributed by atoms with van der Waals surface area (Å²) in [6.07, 6.45) is 5.90. The van der Waals surface area contributed by atoms with Gasteiger partial charge in [-0.25, -0.2) is 0 Å². The van der Waals surface area contributed by atoms with Gasteiger partial charge in [0.1, 0.15) is 0 Å². The van der Waals surface area contributed by atoms with Crippen molar-refractivity contribution in [3.05, 3.63) is 212 Å². The lowest BCUT2D eigenvalue weighted by Crippen LogP contribution is -2.64. The van der Waals surface area contributed by atoms with Gasteiger partial charge in [-0.2, -0.15) is 0 Å². The van der Waals surface area contributed by atoms with E-state index in [1.807, 2.05) is 0 Å². The molecule has 0 spiro atoms. The summed E-state index contributed by atoms with van der Waals surface area (Å²) < 4.78 is 62.2. The van der Waals surface area contributed by atoms with Crippen LogP contribution in [0.3, 0.4) is 0 Å². The molecule has 22 heteroatoms. The van der Waals surface area contributed by atoms with Crippen LogP contribution < -0.4 is 37.2 Å². The molecule has 0 aliphatic rings. The predicted molar refractivity (Wildman–Crippen MR) is 422 cm³/mol. The summed E-state index contributed by atoms with van der Waals surface area (Å²) in [6.45, 7) is 26.7. The van der Waals surface area contributed by atoms with Crippen molar-refractivity contribution >= 4 is 99.7 Å². The largest absolute Gasteiger partial charge is 0.416 e. The van der Waals surface area contributed by atoms with Crippen molar-refractivity contribution in [1.82, 2.24) is 0 Å². The van der Waals surface area contributed by atoms with Crippen LogP contribution in [0.15, 0.2) is 212 Å². The Hall–Kier alpha value is -5.66. The van der Waals surface area contributed by atoms with E-state index >= 15 is 0 Å². The maximum Gasteiger partial charge on any atom is 0.326 e. The predicted octanol–water partition coefficient (Wildman–Crippen LogP) is 19.2. The molecule has 0 saturated heterocycles. The Bertz CT molecular complexity index is 2990. The summed E-state index contributed by atoms with van der Waals surface area (Å²) in [4.78, 5) is 0. The first kappa shape index (κ1) is 77.7. The fraction of sp³-hybridized carbons (Fsp3) is 0.432. The summed E-state index contributed by atoms with van der Waals surface area (Å²) in [6, 6.07) is 78.5. The third-order valence-electron chi connectivity index (χ3n) is 16.9. The van der Waals surface area contributed by atoms with E-state index in [1.165, 1.54) is 0 Å². The first-order valence-electron chi connectivity index (χ1n) is 35.4. The Labute approximate surface area is 585 Å². The zero-order valence-electron chi connectivity index (χ0n) is 59.2. The van der Waals surface area contributed by atoms with Crippen LogP contribution in [0, 0.1) is 0 Å². The van der Waals surface area contributed by atoms with Crippen molar-refractivity contribution in [3.63, 3.8) is 0 Å². The number of para-hydroxylation sites is 7. The molecule has 0 heterocycles. The van der Waals surface area contributed by atoms with E-state index < -0.39 is 59.9 Å². The molecule has 6 unspecified atom stereocenters. The van der Waals surface area contributed by atoms with Gasteiger partial charge in [-0.05, 0) is 232 Å². The van der Waals surface area contributed by atoms with Crippen LogP contribution in [0.1, 0.15) is 58.8 Å². The fourth-order valence-corrected chi connectivity index (χ4v) is 49.9. The lowest BCUT2D eigenvalue weighted by molar-refractivity contribution is 0.213. The van der Waals surface area contributed by atoms with Crippen LogP contribution in [-0.2, 0) is 33.5 Å². The molecule has 0 aromatic heterocycles. The molecular weight excluding hydrogens is 1310 g/mol. The molecule has 7 aromatic rings. The van der Waals surface area contributed by atoms with Crippen LogP contribution in [-0.4, -0.2) is 119 Å². The van der Waals surface area contributed by atoms with Crippen LogP contribution in [0.2, 0.25) is 88.1 Å². The van der Waals surface area contributed by atoms with Crippen LogP contribution in [0.4, 0.5) is 39.8 Å². The molecule has 7 aromatic carbocycles. The Morgan fingerprint density at radius 1 is 0.208 bits per heavy atom. The fourth-order valence-electron chi connectivity index (χ4n) is 12.7. The van der Waals surface area contributed by atoms with Crippen LogP contribution in [0.5, 0.6) is 0 Å². The number of nitrogens with one attached hydrogen (secondary N) is 7. The SMILES string of the molecule is CCO[Si](C)(CCCNc1ccccc1)O[Si](C)(CCCNc1ccccc1)O[Si](C)(CCCNc1ccccc1)O[Si](C)(CCCNc1ccccc1)O[Si](C)(CCCNc1ccccc1)O[Si](C)(CCCNc1ccccc1)O[Si](C)(CCCNc1ccccc1)OCC. The van der Waals surface area contributed by atoms with E-state index in [0.29, 0.717) is 31.3 Å². The van der Waals surface area contributed by atoms with Gasteiger partial charge in [0, 0.05) is 98.8 Å². The second-order valence-corrected chi connectivity index (χ2v) is 51.0. The van der Waals surface area contributed by atoms with E-state index in [2.05, 4.69) is 309 Å². The van der Waals surface area contributed by atoms with E-state index in [-0.39, 0.29) is 0 Å². The molecule has 7 N–H and O–H groups in total. The number of hydrogen-bond donors (Lipinski definition) is 7. The topological polar surface area (TPSA) is 158 Å². The van der Waals surface area contributed by atoms with Gasteiger partial charge in [-0.15, -0.1) is 0 Å². The van der Waals surface area contributed by atoms with Gasteiger partial charge in [0.15, 0.2) is 0 Å². The normalized spacial score (nSPS) is 16.0. The Kier molecular flexibility index (Phi) is 33.2. The van der Waals surface area contributed by atoms with Crippen molar-refractivity contribution in [1.29, 1.82) is 0 Å². The molecule has 0 saturated carbocycles. The van der Waals surface area contributed by atoms with Gasteiger partial charge in [0.2, 0.25) is 0 Å². The van der Waals surface area contributed by atoms with Crippen LogP contribution >= 0.6 is 0 Å². The van der Waals surface area contributed by atoms with Gasteiger partial charge in [0.05, 0.1) is 0 Å². The molecule has 0 fully saturated rings. The average Bonchev–Trinajstić information content (AvgIpc) is 0.790. The first-order valence-corrected chi connectivity index (χ1v) is 53.1. The summed E-state index contributed by atoms with van der Waals surface area (Å²) in [5.41, 5.74) is 7.66. The molecule has 0 aliphatic heterocycles. The molecule has 15 nitrogen and oxygen atoms in total. The van der Waals surface area contributed by atoms with Gasteiger partial charge in [0.25, 0.3) is 0 Å². The summed E-state index contributed by atoms with van der Waals surface area (Å²) in [7, 11) is -22.3. The first-order chi connectivity index (χ1) is 46.4. The second kappa shape index (κ2) is 41.0. The highest BCUT2D eigenvalue weighted by atomic mass is 28.5. The summed E-state index contributed by atoms with van der Waals surface area (Å²) >= 11 is 0. The quantitative estimate of drug-likeness (QED) is 0.0143. The van der Waals surface area contributed by atoms with E-state index in [9.17, 15) is 0 Å². The highest BCUT2D eigenvalue weighted by Gasteiger charge is 2.55. The van der Waals surface area contributed by atoms with Crippen molar-refractivity contribution in [2.24, 2.45) is 0 Å². The van der Waals surface area contributed by atoms with Gasteiger partial charge in [-0.3, -0.25) is 0 Å². The third kappa shape index (κ3) is 29.8. The number of anilines is 7. The minimum absolute atomic E-state index is 0.554. The molecule has 522 valence electrons. The minimum Gasteiger partial charge on any atom is -0.416 e. The molecule has 0 bridgehead atoms. The highest BCUT2D eigenvalue weighted by Crippen LogP contribution is 2.39. The van der Waals surface area contributed by atoms with E-state index in [4.69, 9.17) is 33.5 Å². The van der Waals surface area contributed by atoms with Crippen molar-refractivity contribution < 1.29 is 33.5 Å². The lowest BCUT2D eigenvalue weighted by Gasteiger charge is -2.48. The number of hydrogen-bond acceptors (Lipinski definition) is 15. The summed E-state index contributed by atoms with van der Waals surface area (Å²) in [5.74, 6) is 0. The van der Waals surface area contributed by atoms with Gasteiger partial charge >= 0.3 is 59.9 Å². The number of rotatable bonds is 51. The maximum absolute atomic E-state index is 8.26. The van der Waals surface area contributed by atoms with Crippen molar-refractivity contribution in [3.8, 4) is 0 Å². The van der Waals surface area contributed by atoms with Gasteiger partial charge in [-0.1, -0.05) is 127 Å². The summed E-state index contributed by atoms with van der Waals surface area (Å²) in [5, 5.41) is 25.9. The smallest absolute Gasteiger partial charge is 0.326 e. The zero-order valence-corrected chi connectivity index (χ0v) is 66.2. The van der Waals surface area contributed by atoms with Crippen molar-refractivity contribution in [2.45, 2.75) is 147 Å². The molecular formula is C74H115N7O8Si7. The zero-order chi connectivity index (χ0) is 68.2. The molecule has 0 aliphatic carbocycles. The monoisotopic (exact) mass is 1430 g/mol. The number of benzene rings is 7. The Morgan fingerprint density at radius 2 is 0.344 bits per heavy atom. The molecule has 0 radical (unpaired) electrons. The average molecular weight is 1430 g/mol. The maximum atomic E-state index is 8.26. The van der Waals surface area contributed by atoms with E-state index in [0.717, 1.165) is 155 Å². The molecule has 6 atom stereocenters. The lowest BCUT2D eigenvalue weighted by atomic mass is 10.3. The van der Waals surface area contributed by atoms with Crippen molar-refractivity contribution in [2.75, 3.05) is 96.2 Å². The van der Waals surface area contributed by atoms with Gasteiger partial charge < -0.3 is 70.8 Å². The Morgan fingerprint density at radius 3 is 0.490 bits per heavy atom. The third-order valence-corrected chi connectivity index (χ3v) is 48.2. The van der Waals surface area contributed by atoms with Crippen LogP contribution in [0.25, 0.3) is 0 Å². The molecule has 0 amide bonds. The Balaban J connectivity index is 1.27.